The second kappa shape index (κ2) is 7.21. The first kappa shape index (κ1) is 19.5. The van der Waals surface area contributed by atoms with Gasteiger partial charge in [-0.25, -0.2) is 0 Å². The molecule has 2 aromatic rings. The molecule has 1 fully saturated rings. The molecule has 1 heterocycles. The maximum absolute atomic E-state index is 13.0. The summed E-state index contributed by atoms with van der Waals surface area (Å²) in [5, 5.41) is 49.0. The second-order valence-corrected chi connectivity index (χ2v) is 6.88. The van der Waals surface area contributed by atoms with Gasteiger partial charge in [0.25, 0.3) is 0 Å². The molecular weight excluding hydrogens is 384 g/mol. The van der Waals surface area contributed by atoms with E-state index in [1.807, 2.05) is 0 Å². The van der Waals surface area contributed by atoms with Crippen LogP contribution in [0.4, 0.5) is 0 Å². The minimum atomic E-state index is -1.72. The van der Waals surface area contributed by atoms with E-state index in [2.05, 4.69) is 0 Å². The summed E-state index contributed by atoms with van der Waals surface area (Å²) in [6.45, 7) is -0.381. The van der Waals surface area contributed by atoms with E-state index in [0.717, 1.165) is 0 Å². The first-order valence-electron chi connectivity index (χ1n) is 8.86. The smallest absolute Gasteiger partial charge is 0.201 e. The lowest BCUT2D eigenvalue weighted by atomic mass is 9.83. The number of carbonyl (C=O) groups excluding carboxylic acids is 2. The van der Waals surface area contributed by atoms with E-state index >= 15 is 0 Å². The molecule has 0 bridgehead atoms. The number of hydrogen-bond donors (Lipinski definition) is 5. The van der Waals surface area contributed by atoms with Crippen LogP contribution >= 0.6 is 0 Å². The third kappa shape index (κ3) is 3.09. The van der Waals surface area contributed by atoms with E-state index < -0.39 is 42.3 Å². The molecule has 5 atom stereocenters. The third-order valence-corrected chi connectivity index (χ3v) is 5.10. The SMILES string of the molecule is O=C1c2cccc(O)c2C(=O)c2c(OCC3OC(O)C(O)C(O)C3O)cccc21. The fraction of sp³-hybridized carbons (Fsp3) is 0.300. The summed E-state index contributed by atoms with van der Waals surface area (Å²) in [6, 6.07) is 8.64. The van der Waals surface area contributed by atoms with E-state index in [4.69, 9.17) is 9.47 Å². The maximum Gasteiger partial charge on any atom is 0.201 e. The Morgan fingerprint density at radius 2 is 1.48 bits per heavy atom. The Bertz CT molecular complexity index is 986. The molecule has 5 N–H and O–H groups in total. The lowest BCUT2D eigenvalue weighted by molar-refractivity contribution is -0.285. The van der Waals surface area contributed by atoms with Crippen molar-refractivity contribution in [3.63, 3.8) is 0 Å². The number of ether oxygens (including phenoxy) is 2. The number of fused-ring (bicyclic) bond motifs is 2. The monoisotopic (exact) mass is 402 g/mol. The standard InChI is InChI=1S/C20H18O9/c21-10-5-1-3-8-13(10)17(24)14-9(15(8)22)4-2-6-11(14)28-7-12-16(23)18(25)19(26)20(27)29-12/h1-6,12,16,18-21,23,25-27H,7H2. The summed E-state index contributed by atoms with van der Waals surface area (Å²) < 4.78 is 10.6. The molecule has 2 aromatic carbocycles. The van der Waals surface area contributed by atoms with E-state index in [1.165, 1.54) is 36.4 Å². The minimum absolute atomic E-state index is 0.0145. The Morgan fingerprint density at radius 1 is 0.828 bits per heavy atom. The Morgan fingerprint density at radius 3 is 2.21 bits per heavy atom. The highest BCUT2D eigenvalue weighted by Crippen LogP contribution is 2.37. The number of ketones is 2. The number of phenols is 1. The number of aliphatic hydroxyl groups is 4. The molecule has 9 nitrogen and oxygen atoms in total. The van der Waals surface area contributed by atoms with Gasteiger partial charge in [-0.3, -0.25) is 9.59 Å². The number of hydrogen-bond acceptors (Lipinski definition) is 9. The van der Waals surface area contributed by atoms with E-state index in [9.17, 15) is 35.1 Å². The van der Waals surface area contributed by atoms with Crippen LogP contribution in [0.25, 0.3) is 0 Å². The van der Waals surface area contributed by atoms with Gasteiger partial charge in [0, 0.05) is 11.1 Å². The van der Waals surface area contributed by atoms with Gasteiger partial charge in [0.1, 0.15) is 42.5 Å². The summed E-state index contributed by atoms with van der Waals surface area (Å²) in [5.41, 5.74) is 0.0269. The second-order valence-electron chi connectivity index (χ2n) is 6.88. The van der Waals surface area contributed by atoms with E-state index in [1.54, 1.807) is 0 Å². The van der Waals surface area contributed by atoms with Crippen LogP contribution in [0.2, 0.25) is 0 Å². The average Bonchev–Trinajstić information content (AvgIpc) is 2.71. The highest BCUT2D eigenvalue weighted by Gasteiger charge is 2.43. The molecule has 0 aromatic heterocycles. The summed E-state index contributed by atoms with van der Waals surface area (Å²) in [5.74, 6) is -1.35. The normalized spacial score (nSPS) is 28.6. The van der Waals surface area contributed by atoms with Crippen molar-refractivity contribution in [3.8, 4) is 11.5 Å². The largest absolute Gasteiger partial charge is 0.507 e. The third-order valence-electron chi connectivity index (χ3n) is 5.10. The van der Waals surface area contributed by atoms with Crippen LogP contribution in [0, 0.1) is 0 Å². The minimum Gasteiger partial charge on any atom is -0.507 e. The molecule has 5 unspecified atom stereocenters. The number of aromatic hydroxyl groups is 1. The van der Waals surface area contributed by atoms with Crippen LogP contribution in [0.3, 0.4) is 0 Å². The molecule has 29 heavy (non-hydrogen) atoms. The Hall–Kier alpha value is -2.82. The number of benzene rings is 2. The molecule has 2 aliphatic rings. The van der Waals surface area contributed by atoms with Gasteiger partial charge in [0.05, 0.1) is 11.1 Å². The highest BCUT2D eigenvalue weighted by atomic mass is 16.6. The predicted molar refractivity (Wildman–Crippen MR) is 95.8 cm³/mol. The van der Waals surface area contributed by atoms with Crippen molar-refractivity contribution < 1.29 is 44.6 Å². The van der Waals surface area contributed by atoms with Gasteiger partial charge >= 0.3 is 0 Å². The van der Waals surface area contributed by atoms with Gasteiger partial charge in [-0.15, -0.1) is 0 Å². The quantitative estimate of drug-likeness (QED) is 0.384. The lowest BCUT2D eigenvalue weighted by Gasteiger charge is -2.38. The Balaban J connectivity index is 1.64. The van der Waals surface area contributed by atoms with Crippen molar-refractivity contribution in [2.75, 3.05) is 6.61 Å². The molecular formula is C20H18O9. The fourth-order valence-electron chi connectivity index (χ4n) is 3.55. The van der Waals surface area contributed by atoms with Gasteiger partial charge in [0.2, 0.25) is 5.78 Å². The van der Waals surface area contributed by atoms with Crippen molar-refractivity contribution in [2.24, 2.45) is 0 Å². The van der Waals surface area contributed by atoms with Crippen molar-refractivity contribution in [1.29, 1.82) is 0 Å². The van der Waals surface area contributed by atoms with Crippen molar-refractivity contribution in [2.45, 2.75) is 30.7 Å². The highest BCUT2D eigenvalue weighted by molar-refractivity contribution is 6.30. The van der Waals surface area contributed by atoms with Gasteiger partial charge in [-0.05, 0) is 12.1 Å². The molecule has 0 amide bonds. The molecule has 4 rings (SSSR count). The van der Waals surface area contributed by atoms with Crippen LogP contribution in [0.5, 0.6) is 11.5 Å². The first-order valence-corrected chi connectivity index (χ1v) is 8.86. The molecule has 9 heteroatoms. The van der Waals surface area contributed by atoms with Gasteiger partial charge in [0.15, 0.2) is 12.1 Å². The predicted octanol–water partition coefficient (Wildman–Crippen LogP) is -0.654. The van der Waals surface area contributed by atoms with Crippen LogP contribution < -0.4 is 4.74 Å². The number of phenolic OH excluding ortho intramolecular Hbond substituents is 1. The number of aliphatic hydroxyl groups excluding tert-OH is 4. The molecule has 1 saturated heterocycles. The molecule has 0 radical (unpaired) electrons. The zero-order valence-electron chi connectivity index (χ0n) is 14.9. The molecule has 1 aliphatic carbocycles. The zero-order valence-corrected chi connectivity index (χ0v) is 14.9. The average molecular weight is 402 g/mol. The molecule has 1 aliphatic heterocycles. The molecule has 0 spiro atoms. The lowest BCUT2D eigenvalue weighted by Crippen LogP contribution is -2.58. The first-order chi connectivity index (χ1) is 13.8. The van der Waals surface area contributed by atoms with Crippen LogP contribution in [0.15, 0.2) is 36.4 Å². The maximum atomic E-state index is 13.0. The summed E-state index contributed by atoms with van der Waals surface area (Å²) in [6.07, 6.45) is -7.79. The summed E-state index contributed by atoms with van der Waals surface area (Å²) in [4.78, 5) is 25.7. The number of rotatable bonds is 3. The Kier molecular flexibility index (Phi) is 4.85. The van der Waals surface area contributed by atoms with Gasteiger partial charge in [-0.1, -0.05) is 24.3 Å². The van der Waals surface area contributed by atoms with E-state index in [-0.39, 0.29) is 40.4 Å². The van der Waals surface area contributed by atoms with Crippen LogP contribution in [-0.4, -0.2) is 74.4 Å². The van der Waals surface area contributed by atoms with Crippen molar-refractivity contribution in [1.82, 2.24) is 0 Å². The topological polar surface area (TPSA) is 154 Å². The van der Waals surface area contributed by atoms with Gasteiger partial charge < -0.3 is 35.0 Å². The van der Waals surface area contributed by atoms with Crippen LogP contribution in [0.1, 0.15) is 31.8 Å². The molecule has 0 saturated carbocycles. The fourth-order valence-corrected chi connectivity index (χ4v) is 3.55. The number of carbonyl (C=O) groups is 2. The zero-order chi connectivity index (χ0) is 20.9. The summed E-state index contributed by atoms with van der Waals surface area (Å²) in [7, 11) is 0. The molecule has 152 valence electrons. The Labute approximate surface area is 164 Å². The van der Waals surface area contributed by atoms with E-state index in [0.29, 0.717) is 0 Å². The van der Waals surface area contributed by atoms with Crippen LogP contribution in [-0.2, 0) is 4.74 Å². The summed E-state index contributed by atoms with van der Waals surface area (Å²) >= 11 is 0. The van der Waals surface area contributed by atoms with Crippen molar-refractivity contribution >= 4 is 11.6 Å². The van der Waals surface area contributed by atoms with Gasteiger partial charge in [-0.2, -0.15) is 0 Å². The van der Waals surface area contributed by atoms with Crippen molar-refractivity contribution in [3.05, 3.63) is 58.7 Å².